The molecule has 0 aromatic heterocycles. The summed E-state index contributed by atoms with van der Waals surface area (Å²) in [5, 5.41) is 2.84. The van der Waals surface area contributed by atoms with Crippen molar-refractivity contribution in [1.82, 2.24) is 5.32 Å². The zero-order chi connectivity index (χ0) is 24.4. The quantitative estimate of drug-likeness (QED) is 0.450. The molecule has 3 atom stereocenters. The van der Waals surface area contributed by atoms with E-state index in [-0.39, 0.29) is 17.5 Å². The molecule has 3 N–H and O–H groups in total. The number of amides is 1. The van der Waals surface area contributed by atoms with Crippen LogP contribution in [0.25, 0.3) is 0 Å². The first kappa shape index (κ1) is 24.6. The lowest BCUT2D eigenvalue weighted by atomic mass is 9.81. The molecule has 0 aliphatic carbocycles. The van der Waals surface area contributed by atoms with E-state index in [2.05, 4.69) is 5.32 Å². The number of piperidine rings is 1. The van der Waals surface area contributed by atoms with Gasteiger partial charge in [-0.05, 0) is 55.2 Å². The summed E-state index contributed by atoms with van der Waals surface area (Å²) < 4.78 is 84.2. The standard InChI is InChI=1S/C23H22F6N2O2/c1-14(15-11-17(22(24,25)26)13-18(12-15)23(27,28)29)33-10-9-21(16-5-3-2-4-6-16)8-7-19(30)20(32)31-21/h2-6,9-14,19H,7-8,30H2,1H3,(H,31,32)/b10-9+/t14-,19+,21-/m1/s1. The van der Waals surface area contributed by atoms with Crippen molar-refractivity contribution in [3.8, 4) is 0 Å². The number of nitrogens with one attached hydrogen (secondary N) is 1. The molecular formula is C23H22F6N2O2. The third kappa shape index (κ3) is 5.68. The highest BCUT2D eigenvalue weighted by molar-refractivity contribution is 5.83. The Kier molecular flexibility index (Phi) is 6.78. The van der Waals surface area contributed by atoms with E-state index in [0.717, 1.165) is 5.56 Å². The van der Waals surface area contributed by atoms with Crippen LogP contribution in [0.4, 0.5) is 26.3 Å². The van der Waals surface area contributed by atoms with Crippen LogP contribution >= 0.6 is 0 Å². The van der Waals surface area contributed by atoms with Crippen molar-refractivity contribution in [1.29, 1.82) is 0 Å². The zero-order valence-corrected chi connectivity index (χ0v) is 17.5. The third-order valence-corrected chi connectivity index (χ3v) is 5.54. The first-order valence-electron chi connectivity index (χ1n) is 10.1. The SMILES string of the molecule is C[C@@H](O/C=C/[C@@]1(c2ccccc2)CC[C@H](N)C(=O)N1)c1cc(C(F)(F)F)cc(C(F)(F)F)c1. The smallest absolute Gasteiger partial charge is 0.416 e. The Morgan fingerprint density at radius 3 is 2.15 bits per heavy atom. The van der Waals surface area contributed by atoms with Crippen LogP contribution in [-0.2, 0) is 27.4 Å². The number of halogens is 6. The molecule has 33 heavy (non-hydrogen) atoms. The molecule has 178 valence electrons. The molecule has 1 aliphatic rings. The van der Waals surface area contributed by atoms with Crippen LogP contribution in [0.3, 0.4) is 0 Å². The summed E-state index contributed by atoms with van der Waals surface area (Å²) in [5.41, 5.74) is 2.42. The van der Waals surface area contributed by atoms with Gasteiger partial charge in [-0.15, -0.1) is 0 Å². The van der Waals surface area contributed by atoms with Gasteiger partial charge in [-0.25, -0.2) is 0 Å². The molecule has 1 fully saturated rings. The van der Waals surface area contributed by atoms with Gasteiger partial charge in [0, 0.05) is 0 Å². The molecule has 3 rings (SSSR count). The molecule has 0 saturated carbocycles. The van der Waals surface area contributed by atoms with Crippen molar-refractivity contribution < 1.29 is 35.9 Å². The Morgan fingerprint density at radius 1 is 1.06 bits per heavy atom. The van der Waals surface area contributed by atoms with Crippen molar-refractivity contribution in [3.05, 3.63) is 83.1 Å². The van der Waals surface area contributed by atoms with E-state index in [1.165, 1.54) is 19.3 Å². The van der Waals surface area contributed by atoms with Crippen LogP contribution in [0.1, 0.15) is 48.1 Å². The second-order valence-corrected chi connectivity index (χ2v) is 7.89. The van der Waals surface area contributed by atoms with E-state index in [9.17, 15) is 31.1 Å². The van der Waals surface area contributed by atoms with Crippen LogP contribution in [0.5, 0.6) is 0 Å². The highest BCUT2D eigenvalue weighted by atomic mass is 19.4. The number of benzene rings is 2. The van der Waals surface area contributed by atoms with Gasteiger partial charge in [-0.3, -0.25) is 4.79 Å². The summed E-state index contributed by atoms with van der Waals surface area (Å²) in [6.45, 7) is 1.34. The molecule has 0 spiro atoms. The van der Waals surface area contributed by atoms with Gasteiger partial charge in [0.05, 0.1) is 29.0 Å². The second kappa shape index (κ2) is 9.09. The molecular weight excluding hydrogens is 450 g/mol. The van der Waals surface area contributed by atoms with Crippen molar-refractivity contribution in [2.75, 3.05) is 0 Å². The maximum atomic E-state index is 13.1. The Labute approximate surface area is 186 Å². The monoisotopic (exact) mass is 472 g/mol. The van der Waals surface area contributed by atoms with E-state index < -0.39 is 41.2 Å². The molecule has 2 aromatic carbocycles. The lowest BCUT2D eigenvalue weighted by Crippen LogP contribution is -2.55. The predicted molar refractivity (Wildman–Crippen MR) is 109 cm³/mol. The summed E-state index contributed by atoms with van der Waals surface area (Å²) in [6, 6.07) is 9.55. The van der Waals surface area contributed by atoms with Gasteiger partial charge in [-0.2, -0.15) is 26.3 Å². The van der Waals surface area contributed by atoms with Gasteiger partial charge in [0.15, 0.2) is 0 Å². The molecule has 0 unspecified atom stereocenters. The maximum absolute atomic E-state index is 13.1. The molecule has 1 amide bonds. The van der Waals surface area contributed by atoms with Gasteiger partial charge >= 0.3 is 12.4 Å². The van der Waals surface area contributed by atoms with Gasteiger partial charge in [-0.1, -0.05) is 30.3 Å². The first-order valence-corrected chi connectivity index (χ1v) is 10.1. The number of hydrogen-bond acceptors (Lipinski definition) is 3. The Hall–Kier alpha value is -3.01. The number of carbonyl (C=O) groups excluding carboxylic acids is 1. The fourth-order valence-corrected chi connectivity index (χ4v) is 3.63. The summed E-state index contributed by atoms with van der Waals surface area (Å²) in [7, 11) is 0. The molecule has 4 nitrogen and oxygen atoms in total. The maximum Gasteiger partial charge on any atom is 0.416 e. The number of nitrogens with two attached hydrogens (primary N) is 1. The minimum absolute atomic E-state index is 0.0667. The first-order chi connectivity index (χ1) is 15.3. The Morgan fingerprint density at radius 2 is 1.64 bits per heavy atom. The van der Waals surface area contributed by atoms with E-state index in [0.29, 0.717) is 25.0 Å². The molecule has 0 radical (unpaired) electrons. The minimum Gasteiger partial charge on any atom is -0.494 e. The fourth-order valence-electron chi connectivity index (χ4n) is 3.63. The molecule has 1 aliphatic heterocycles. The average molecular weight is 472 g/mol. The van der Waals surface area contributed by atoms with Gasteiger partial charge in [0.2, 0.25) is 5.91 Å². The van der Waals surface area contributed by atoms with Crippen molar-refractivity contribution in [3.63, 3.8) is 0 Å². The summed E-state index contributed by atoms with van der Waals surface area (Å²) >= 11 is 0. The summed E-state index contributed by atoms with van der Waals surface area (Å²) in [4.78, 5) is 12.2. The third-order valence-electron chi connectivity index (χ3n) is 5.54. The second-order valence-electron chi connectivity index (χ2n) is 7.89. The summed E-state index contributed by atoms with van der Waals surface area (Å²) in [5.74, 6) is -0.379. The minimum atomic E-state index is -4.95. The van der Waals surface area contributed by atoms with Crippen molar-refractivity contribution in [2.24, 2.45) is 5.73 Å². The lowest BCUT2D eigenvalue weighted by Gasteiger charge is -2.38. The van der Waals surface area contributed by atoms with Crippen molar-refractivity contribution >= 4 is 5.91 Å². The van der Waals surface area contributed by atoms with E-state index >= 15 is 0 Å². The van der Waals surface area contributed by atoms with E-state index in [1.807, 2.05) is 0 Å². The van der Waals surface area contributed by atoms with Crippen LogP contribution in [-0.4, -0.2) is 11.9 Å². The normalized spacial score (nSPS) is 22.8. The van der Waals surface area contributed by atoms with Crippen molar-refractivity contribution in [2.45, 2.75) is 49.8 Å². The highest BCUT2D eigenvalue weighted by Gasteiger charge is 2.39. The van der Waals surface area contributed by atoms with E-state index in [1.54, 1.807) is 30.3 Å². The molecule has 0 bridgehead atoms. The van der Waals surface area contributed by atoms with Crippen LogP contribution < -0.4 is 11.1 Å². The predicted octanol–water partition coefficient (Wildman–Crippen LogP) is 5.45. The number of ether oxygens (including phenoxy) is 1. The van der Waals surface area contributed by atoms with Gasteiger partial charge in [0.25, 0.3) is 0 Å². The molecule has 1 heterocycles. The number of rotatable bonds is 5. The zero-order valence-electron chi connectivity index (χ0n) is 17.5. The molecule has 2 aromatic rings. The largest absolute Gasteiger partial charge is 0.494 e. The van der Waals surface area contributed by atoms with Gasteiger partial charge < -0.3 is 15.8 Å². The van der Waals surface area contributed by atoms with Crippen LogP contribution in [0.2, 0.25) is 0 Å². The Balaban J connectivity index is 1.89. The van der Waals surface area contributed by atoms with Crippen LogP contribution in [0.15, 0.2) is 60.9 Å². The van der Waals surface area contributed by atoms with Crippen LogP contribution in [0, 0.1) is 0 Å². The molecule has 1 saturated heterocycles. The number of alkyl halides is 6. The van der Waals surface area contributed by atoms with E-state index in [4.69, 9.17) is 10.5 Å². The highest BCUT2D eigenvalue weighted by Crippen LogP contribution is 2.38. The topological polar surface area (TPSA) is 64.3 Å². The average Bonchev–Trinajstić information content (AvgIpc) is 2.75. The number of hydrogen-bond donors (Lipinski definition) is 2. The fraction of sp³-hybridized carbons (Fsp3) is 0.348. The molecule has 10 heteroatoms. The van der Waals surface area contributed by atoms with Gasteiger partial charge in [0.1, 0.15) is 6.10 Å². The number of carbonyl (C=O) groups is 1. The lowest BCUT2D eigenvalue weighted by molar-refractivity contribution is -0.143. The Bertz CT molecular complexity index is 988. The summed E-state index contributed by atoms with van der Waals surface area (Å²) in [6.07, 6.45) is -7.51.